The van der Waals surface area contributed by atoms with Gasteiger partial charge >= 0.3 is 0 Å². The van der Waals surface area contributed by atoms with Crippen LogP contribution in [0.15, 0.2) is 29.2 Å². The second kappa shape index (κ2) is 7.74. The molecule has 0 radical (unpaired) electrons. The van der Waals surface area contributed by atoms with E-state index in [0.29, 0.717) is 29.6 Å². The van der Waals surface area contributed by atoms with Gasteiger partial charge in [-0.25, -0.2) is 8.42 Å². The van der Waals surface area contributed by atoms with Gasteiger partial charge in [0.2, 0.25) is 10.0 Å². The maximum atomic E-state index is 13.4. The normalized spacial score (nSPS) is 21.4. The molecule has 1 aromatic carbocycles. The molecule has 0 unspecified atom stereocenters. The summed E-state index contributed by atoms with van der Waals surface area (Å²) >= 11 is 0. The molecular weight excluding hydrogens is 338 g/mol. The third-order valence-corrected chi connectivity index (χ3v) is 6.38. The molecule has 25 heavy (non-hydrogen) atoms. The van der Waals surface area contributed by atoms with Crippen LogP contribution >= 0.6 is 0 Å². The minimum absolute atomic E-state index is 0.214. The third kappa shape index (κ3) is 4.42. The smallest absolute Gasteiger partial charge is 0.245 e. The molecule has 0 N–H and O–H groups in total. The zero-order valence-electron chi connectivity index (χ0n) is 16.2. The molecule has 6 heteroatoms. The standard InChI is InChI=1S/C19H31NO4S/c1-14(2)11-19(12-15(3)4)20(13-18(23-6)24-19)25(21,22)17-9-7-16(5)8-10-17/h7-10,14-15,18H,11-13H2,1-6H3/t18-/m1/s1. The zero-order chi connectivity index (χ0) is 18.8. The van der Waals surface area contributed by atoms with Crippen LogP contribution in [-0.4, -0.2) is 38.4 Å². The average Bonchev–Trinajstić information content (AvgIpc) is 2.85. The van der Waals surface area contributed by atoms with E-state index in [2.05, 4.69) is 27.7 Å². The average molecular weight is 370 g/mol. The lowest BCUT2D eigenvalue weighted by molar-refractivity contribution is -0.176. The molecule has 142 valence electrons. The van der Waals surface area contributed by atoms with Gasteiger partial charge in [0.15, 0.2) is 6.29 Å². The van der Waals surface area contributed by atoms with Gasteiger partial charge in [0.25, 0.3) is 0 Å². The first kappa shape index (κ1) is 20.4. The van der Waals surface area contributed by atoms with E-state index < -0.39 is 22.0 Å². The molecule has 1 heterocycles. The Morgan fingerprint density at radius 3 is 2.12 bits per heavy atom. The van der Waals surface area contributed by atoms with Gasteiger partial charge in [-0.1, -0.05) is 45.4 Å². The molecule has 0 aliphatic carbocycles. The van der Waals surface area contributed by atoms with Crippen LogP contribution in [0.2, 0.25) is 0 Å². The summed E-state index contributed by atoms with van der Waals surface area (Å²) in [5, 5.41) is 0. The Hall–Kier alpha value is -0.950. The van der Waals surface area contributed by atoms with E-state index in [4.69, 9.17) is 9.47 Å². The van der Waals surface area contributed by atoms with Crippen molar-refractivity contribution in [1.29, 1.82) is 0 Å². The maximum Gasteiger partial charge on any atom is 0.245 e. The lowest BCUT2D eigenvalue weighted by atomic mass is 9.92. The number of aryl methyl sites for hydroxylation is 1. The molecule has 0 saturated carbocycles. The highest BCUT2D eigenvalue weighted by molar-refractivity contribution is 7.89. The summed E-state index contributed by atoms with van der Waals surface area (Å²) in [5.74, 6) is 0.593. The number of sulfonamides is 1. The molecule has 1 atom stereocenters. The fourth-order valence-electron chi connectivity index (χ4n) is 3.58. The monoisotopic (exact) mass is 369 g/mol. The van der Waals surface area contributed by atoms with Crippen molar-refractivity contribution in [2.75, 3.05) is 13.7 Å². The predicted octanol–water partition coefficient (Wildman–Crippen LogP) is 3.78. The van der Waals surface area contributed by atoms with E-state index in [0.717, 1.165) is 5.56 Å². The molecule has 0 bridgehead atoms. The Morgan fingerprint density at radius 2 is 1.68 bits per heavy atom. The Bertz CT molecular complexity index is 657. The van der Waals surface area contributed by atoms with Crippen LogP contribution in [0.3, 0.4) is 0 Å². The van der Waals surface area contributed by atoms with Crippen molar-refractivity contribution in [3.8, 4) is 0 Å². The summed E-state index contributed by atoms with van der Waals surface area (Å²) in [6.07, 6.45) is 0.726. The molecule has 1 aliphatic heterocycles. The Labute approximate surface area is 152 Å². The predicted molar refractivity (Wildman–Crippen MR) is 98.6 cm³/mol. The van der Waals surface area contributed by atoms with Crippen LogP contribution in [0, 0.1) is 18.8 Å². The van der Waals surface area contributed by atoms with Crippen molar-refractivity contribution in [2.45, 2.75) is 64.4 Å². The molecular formula is C19H31NO4S. The van der Waals surface area contributed by atoms with Crippen LogP contribution < -0.4 is 0 Å². The quantitative estimate of drug-likeness (QED) is 0.734. The maximum absolute atomic E-state index is 13.4. The molecule has 1 aliphatic rings. The second-order valence-corrected chi connectivity index (χ2v) is 9.64. The number of methoxy groups -OCH3 is 1. The van der Waals surface area contributed by atoms with Crippen LogP contribution in [0.1, 0.15) is 46.1 Å². The summed E-state index contributed by atoms with van der Waals surface area (Å²) < 4.78 is 39.8. The van der Waals surface area contributed by atoms with Crippen molar-refractivity contribution in [2.24, 2.45) is 11.8 Å². The fraction of sp³-hybridized carbons (Fsp3) is 0.684. The first-order chi connectivity index (χ1) is 11.6. The largest absolute Gasteiger partial charge is 0.354 e. The van der Waals surface area contributed by atoms with Crippen molar-refractivity contribution in [3.05, 3.63) is 29.8 Å². The summed E-state index contributed by atoms with van der Waals surface area (Å²) in [5.41, 5.74) is 0.161. The van der Waals surface area contributed by atoms with Crippen LogP contribution in [0.5, 0.6) is 0 Å². The van der Waals surface area contributed by atoms with E-state index in [1.165, 1.54) is 4.31 Å². The van der Waals surface area contributed by atoms with Gasteiger partial charge in [0, 0.05) is 7.11 Å². The SMILES string of the molecule is CO[C@H]1CN(S(=O)(=O)c2ccc(C)cc2)C(CC(C)C)(CC(C)C)O1. The highest BCUT2D eigenvalue weighted by atomic mass is 32.2. The van der Waals surface area contributed by atoms with E-state index in [-0.39, 0.29) is 6.54 Å². The van der Waals surface area contributed by atoms with E-state index in [1.54, 1.807) is 19.2 Å². The molecule has 0 amide bonds. The summed E-state index contributed by atoms with van der Waals surface area (Å²) in [6.45, 7) is 10.5. The third-order valence-electron chi connectivity index (χ3n) is 4.45. The molecule has 1 fully saturated rings. The van der Waals surface area contributed by atoms with Gasteiger partial charge in [-0.15, -0.1) is 0 Å². The molecule has 1 saturated heterocycles. The second-order valence-electron chi connectivity index (χ2n) is 7.77. The lowest BCUT2D eigenvalue weighted by Gasteiger charge is -2.38. The Balaban J connectivity index is 2.50. The summed E-state index contributed by atoms with van der Waals surface area (Å²) in [7, 11) is -2.11. The summed E-state index contributed by atoms with van der Waals surface area (Å²) in [6, 6.07) is 6.98. The number of benzene rings is 1. The van der Waals surface area contributed by atoms with Crippen LogP contribution in [0.25, 0.3) is 0 Å². The van der Waals surface area contributed by atoms with Crippen molar-refractivity contribution in [1.82, 2.24) is 4.31 Å². The van der Waals surface area contributed by atoms with Gasteiger partial charge in [-0.2, -0.15) is 4.31 Å². The number of ether oxygens (including phenoxy) is 2. The van der Waals surface area contributed by atoms with Crippen LogP contribution in [-0.2, 0) is 19.5 Å². The van der Waals surface area contributed by atoms with Gasteiger partial charge in [-0.3, -0.25) is 0 Å². The first-order valence-corrected chi connectivity index (χ1v) is 10.3. The lowest BCUT2D eigenvalue weighted by Crippen LogP contribution is -2.49. The van der Waals surface area contributed by atoms with Crippen molar-refractivity contribution >= 4 is 10.0 Å². The van der Waals surface area contributed by atoms with Gasteiger partial charge in [0.1, 0.15) is 5.72 Å². The Morgan fingerprint density at radius 1 is 1.16 bits per heavy atom. The number of hydrogen-bond donors (Lipinski definition) is 0. The molecule has 0 spiro atoms. The topological polar surface area (TPSA) is 55.8 Å². The Kier molecular flexibility index (Phi) is 6.30. The minimum atomic E-state index is -3.67. The number of hydrogen-bond acceptors (Lipinski definition) is 4. The van der Waals surface area contributed by atoms with Crippen LogP contribution in [0.4, 0.5) is 0 Å². The number of nitrogens with zero attached hydrogens (tertiary/aromatic N) is 1. The first-order valence-electron chi connectivity index (χ1n) is 8.91. The highest BCUT2D eigenvalue weighted by Gasteiger charge is 2.53. The van der Waals surface area contributed by atoms with Crippen molar-refractivity contribution < 1.29 is 17.9 Å². The molecule has 5 nitrogen and oxygen atoms in total. The molecule has 2 rings (SSSR count). The molecule has 0 aromatic heterocycles. The number of rotatable bonds is 7. The highest BCUT2D eigenvalue weighted by Crippen LogP contribution is 2.42. The van der Waals surface area contributed by atoms with Crippen molar-refractivity contribution in [3.63, 3.8) is 0 Å². The van der Waals surface area contributed by atoms with Gasteiger partial charge in [-0.05, 0) is 43.7 Å². The van der Waals surface area contributed by atoms with E-state index in [9.17, 15) is 8.42 Å². The van der Waals surface area contributed by atoms with Gasteiger partial charge < -0.3 is 9.47 Å². The van der Waals surface area contributed by atoms with Gasteiger partial charge in [0.05, 0.1) is 11.4 Å². The van der Waals surface area contributed by atoms with E-state index >= 15 is 0 Å². The minimum Gasteiger partial charge on any atom is -0.354 e. The van der Waals surface area contributed by atoms with E-state index in [1.807, 2.05) is 19.1 Å². The fourth-order valence-corrected chi connectivity index (χ4v) is 5.26. The summed E-state index contributed by atoms with van der Waals surface area (Å²) in [4.78, 5) is 0.301. The molecule has 1 aromatic rings. The zero-order valence-corrected chi connectivity index (χ0v) is 17.0.